The molecule has 21 heavy (non-hydrogen) atoms. The Kier molecular flexibility index (Phi) is 4.27. The van der Waals surface area contributed by atoms with Crippen LogP contribution in [0.15, 0.2) is 36.5 Å². The first-order chi connectivity index (χ1) is 10.0. The SMILES string of the molecule is COc1cccc(CN(C)c2cc(C(N)=O)c(N)cn2)c1. The van der Waals surface area contributed by atoms with E-state index in [0.717, 1.165) is 11.3 Å². The van der Waals surface area contributed by atoms with Crippen LogP contribution in [0.3, 0.4) is 0 Å². The summed E-state index contributed by atoms with van der Waals surface area (Å²) in [4.78, 5) is 17.4. The van der Waals surface area contributed by atoms with Crippen LogP contribution >= 0.6 is 0 Å². The molecular weight excluding hydrogens is 268 g/mol. The summed E-state index contributed by atoms with van der Waals surface area (Å²) in [6.07, 6.45) is 1.44. The average molecular weight is 286 g/mol. The van der Waals surface area contributed by atoms with Crippen LogP contribution in [0.5, 0.6) is 5.75 Å². The van der Waals surface area contributed by atoms with E-state index in [4.69, 9.17) is 16.2 Å². The lowest BCUT2D eigenvalue weighted by molar-refractivity contribution is 0.100. The number of benzene rings is 1. The van der Waals surface area contributed by atoms with Gasteiger partial charge in [0.1, 0.15) is 11.6 Å². The van der Waals surface area contributed by atoms with Gasteiger partial charge in [-0.15, -0.1) is 0 Å². The molecule has 0 saturated carbocycles. The van der Waals surface area contributed by atoms with Gasteiger partial charge in [-0.25, -0.2) is 4.98 Å². The highest BCUT2D eigenvalue weighted by Crippen LogP contribution is 2.20. The van der Waals surface area contributed by atoms with E-state index < -0.39 is 5.91 Å². The standard InChI is InChI=1S/C15H18N4O2/c1-19(9-10-4-3-5-11(6-10)21-2)14-7-12(15(17)20)13(16)8-18-14/h3-8H,9,16H2,1-2H3,(H2,17,20). The third-order valence-electron chi connectivity index (χ3n) is 3.13. The molecule has 110 valence electrons. The lowest BCUT2D eigenvalue weighted by Crippen LogP contribution is -2.20. The zero-order valence-corrected chi connectivity index (χ0v) is 12.0. The van der Waals surface area contributed by atoms with E-state index in [1.807, 2.05) is 36.2 Å². The van der Waals surface area contributed by atoms with Crippen molar-refractivity contribution in [3.63, 3.8) is 0 Å². The minimum Gasteiger partial charge on any atom is -0.497 e. The third-order valence-corrected chi connectivity index (χ3v) is 3.13. The van der Waals surface area contributed by atoms with E-state index in [2.05, 4.69) is 4.98 Å². The number of nitrogens with two attached hydrogens (primary N) is 2. The normalized spacial score (nSPS) is 10.2. The summed E-state index contributed by atoms with van der Waals surface area (Å²) in [6, 6.07) is 9.34. The average Bonchev–Trinajstić information content (AvgIpc) is 2.47. The highest BCUT2D eigenvalue weighted by atomic mass is 16.5. The molecule has 0 unspecified atom stereocenters. The number of hydrogen-bond acceptors (Lipinski definition) is 5. The van der Waals surface area contributed by atoms with E-state index in [0.29, 0.717) is 12.4 Å². The van der Waals surface area contributed by atoms with Gasteiger partial charge in [-0.1, -0.05) is 12.1 Å². The number of rotatable bonds is 5. The molecule has 0 saturated heterocycles. The summed E-state index contributed by atoms with van der Waals surface area (Å²) in [6.45, 7) is 0.617. The van der Waals surface area contributed by atoms with Crippen LogP contribution in [0.4, 0.5) is 11.5 Å². The highest BCUT2D eigenvalue weighted by molar-refractivity contribution is 5.98. The number of primary amides is 1. The van der Waals surface area contributed by atoms with Gasteiger partial charge in [0.25, 0.3) is 5.91 Å². The maximum Gasteiger partial charge on any atom is 0.250 e. The van der Waals surface area contributed by atoms with E-state index >= 15 is 0 Å². The van der Waals surface area contributed by atoms with Crippen LogP contribution in [0.1, 0.15) is 15.9 Å². The number of amides is 1. The van der Waals surface area contributed by atoms with Gasteiger partial charge in [-0.3, -0.25) is 4.79 Å². The molecule has 1 amide bonds. The first-order valence-electron chi connectivity index (χ1n) is 6.40. The molecule has 0 bridgehead atoms. The van der Waals surface area contributed by atoms with Gasteiger partial charge < -0.3 is 21.1 Å². The fourth-order valence-electron chi connectivity index (χ4n) is 2.00. The van der Waals surface area contributed by atoms with Gasteiger partial charge >= 0.3 is 0 Å². The van der Waals surface area contributed by atoms with Crippen LogP contribution in [-0.4, -0.2) is 25.0 Å². The predicted octanol–water partition coefficient (Wildman–Crippen LogP) is 1.41. The number of ether oxygens (including phenoxy) is 1. The Bertz CT molecular complexity index is 658. The van der Waals surface area contributed by atoms with Crippen molar-refractivity contribution >= 4 is 17.4 Å². The fraction of sp³-hybridized carbons (Fsp3) is 0.200. The van der Waals surface area contributed by atoms with Crippen molar-refractivity contribution in [3.05, 3.63) is 47.7 Å². The first-order valence-corrected chi connectivity index (χ1v) is 6.40. The number of carbonyl (C=O) groups excluding carboxylic acids is 1. The molecule has 1 heterocycles. The highest BCUT2D eigenvalue weighted by Gasteiger charge is 2.11. The number of nitrogen functional groups attached to an aromatic ring is 1. The largest absolute Gasteiger partial charge is 0.497 e. The number of methoxy groups -OCH3 is 1. The van der Waals surface area contributed by atoms with Crippen LogP contribution < -0.4 is 21.1 Å². The molecule has 1 aromatic heterocycles. The van der Waals surface area contributed by atoms with E-state index in [9.17, 15) is 4.79 Å². The Hall–Kier alpha value is -2.76. The zero-order chi connectivity index (χ0) is 15.4. The lowest BCUT2D eigenvalue weighted by atomic mass is 10.2. The quantitative estimate of drug-likeness (QED) is 0.866. The molecule has 0 aliphatic heterocycles. The predicted molar refractivity (Wildman–Crippen MR) is 82.3 cm³/mol. The van der Waals surface area contributed by atoms with Gasteiger partial charge in [0, 0.05) is 13.6 Å². The summed E-state index contributed by atoms with van der Waals surface area (Å²) in [5.74, 6) is 0.857. The van der Waals surface area contributed by atoms with Gasteiger partial charge in [-0.2, -0.15) is 0 Å². The molecule has 2 rings (SSSR count). The second-order valence-corrected chi connectivity index (χ2v) is 4.70. The maximum absolute atomic E-state index is 11.3. The molecule has 1 aromatic carbocycles. The maximum atomic E-state index is 11.3. The van der Waals surface area contributed by atoms with Crippen molar-refractivity contribution in [2.45, 2.75) is 6.54 Å². The first kappa shape index (κ1) is 14.6. The van der Waals surface area contributed by atoms with E-state index in [1.54, 1.807) is 13.2 Å². The van der Waals surface area contributed by atoms with Gasteiger partial charge in [0.2, 0.25) is 0 Å². The van der Waals surface area contributed by atoms with Crippen molar-refractivity contribution in [1.82, 2.24) is 4.98 Å². The van der Waals surface area contributed by atoms with Crippen molar-refractivity contribution in [3.8, 4) is 5.75 Å². The molecule has 2 aromatic rings. The van der Waals surface area contributed by atoms with Gasteiger partial charge in [0.15, 0.2) is 0 Å². The molecule has 0 fully saturated rings. The molecule has 6 nitrogen and oxygen atoms in total. The Labute approximate surface area is 123 Å². The number of anilines is 2. The molecule has 0 atom stereocenters. The monoisotopic (exact) mass is 286 g/mol. The van der Waals surface area contributed by atoms with Crippen molar-refractivity contribution in [2.75, 3.05) is 24.8 Å². The van der Waals surface area contributed by atoms with E-state index in [-0.39, 0.29) is 11.3 Å². The topological polar surface area (TPSA) is 94.5 Å². The zero-order valence-electron chi connectivity index (χ0n) is 12.0. The summed E-state index contributed by atoms with van der Waals surface area (Å²) in [7, 11) is 3.51. The Morgan fingerprint density at radius 3 is 2.81 bits per heavy atom. The number of carbonyl (C=O) groups is 1. The van der Waals surface area contributed by atoms with Gasteiger partial charge in [0.05, 0.1) is 24.6 Å². The minimum absolute atomic E-state index is 0.275. The second-order valence-electron chi connectivity index (χ2n) is 4.70. The molecule has 0 aliphatic carbocycles. The van der Waals surface area contributed by atoms with Crippen molar-refractivity contribution in [1.29, 1.82) is 0 Å². The Morgan fingerprint density at radius 2 is 2.14 bits per heavy atom. The van der Waals surface area contributed by atoms with Gasteiger partial charge in [-0.05, 0) is 23.8 Å². The van der Waals surface area contributed by atoms with Crippen LogP contribution in [0.2, 0.25) is 0 Å². The summed E-state index contributed by atoms with van der Waals surface area (Å²) < 4.78 is 5.20. The second kappa shape index (κ2) is 6.13. The fourth-order valence-corrected chi connectivity index (χ4v) is 2.00. The van der Waals surface area contributed by atoms with Crippen LogP contribution in [0, 0.1) is 0 Å². The lowest BCUT2D eigenvalue weighted by Gasteiger charge is -2.19. The van der Waals surface area contributed by atoms with Crippen LogP contribution in [0.25, 0.3) is 0 Å². The number of aromatic nitrogens is 1. The number of pyridine rings is 1. The molecule has 6 heteroatoms. The molecule has 0 radical (unpaired) electrons. The molecule has 0 spiro atoms. The van der Waals surface area contributed by atoms with Crippen molar-refractivity contribution in [2.24, 2.45) is 5.73 Å². The summed E-state index contributed by atoms with van der Waals surface area (Å²) >= 11 is 0. The Balaban J connectivity index is 2.21. The summed E-state index contributed by atoms with van der Waals surface area (Å²) in [5.41, 5.74) is 12.6. The third kappa shape index (κ3) is 3.42. The minimum atomic E-state index is -0.564. The molecule has 0 aliphatic rings. The molecular formula is C15H18N4O2. The van der Waals surface area contributed by atoms with Crippen molar-refractivity contribution < 1.29 is 9.53 Å². The Morgan fingerprint density at radius 1 is 1.38 bits per heavy atom. The summed E-state index contributed by atoms with van der Waals surface area (Å²) in [5, 5.41) is 0. The van der Waals surface area contributed by atoms with E-state index in [1.165, 1.54) is 6.20 Å². The van der Waals surface area contributed by atoms with Crippen LogP contribution in [-0.2, 0) is 6.54 Å². The molecule has 4 N–H and O–H groups in total. The smallest absolute Gasteiger partial charge is 0.250 e. The number of hydrogen-bond donors (Lipinski definition) is 2. The number of nitrogens with zero attached hydrogens (tertiary/aromatic N) is 2.